The molecule has 0 atom stereocenters. The Morgan fingerprint density at radius 2 is 1.82 bits per heavy atom. The van der Waals surface area contributed by atoms with Crippen molar-refractivity contribution < 1.29 is 24.2 Å². The number of aromatic hydroxyl groups is 1. The number of benzene rings is 2. The molecule has 142 valence electrons. The van der Waals surface area contributed by atoms with E-state index in [0.29, 0.717) is 11.4 Å². The summed E-state index contributed by atoms with van der Waals surface area (Å²) in [4.78, 5) is 37.0. The Labute approximate surface area is 160 Å². The molecule has 0 aliphatic heterocycles. The van der Waals surface area contributed by atoms with Crippen molar-refractivity contribution in [2.75, 3.05) is 12.4 Å². The average molecular weight is 379 g/mol. The number of carbonyl (C=O) groups excluding carboxylic acids is 3. The minimum Gasteiger partial charge on any atom is -0.507 e. The molecule has 0 aliphatic rings. The number of hydrogen-bond donors (Lipinski definition) is 2. The molecule has 0 unspecified atom stereocenters. The number of anilines is 1. The SMILES string of the molecule is COc1ccc(O)c(C(=O)c2cnn(C(=O)C(=O)Nc3ccc(C)cc3)c2)c1. The molecular formula is C20H17N3O5. The summed E-state index contributed by atoms with van der Waals surface area (Å²) in [5.74, 6) is -2.25. The van der Waals surface area contributed by atoms with Gasteiger partial charge in [-0.05, 0) is 37.3 Å². The Morgan fingerprint density at radius 3 is 2.50 bits per heavy atom. The standard InChI is InChI=1S/C20H17N3O5/c1-12-3-5-14(6-4-12)22-19(26)20(27)23-11-13(10-21-23)18(25)16-9-15(28-2)7-8-17(16)24/h3-11,24H,1-2H3,(H,22,26). The molecule has 0 radical (unpaired) electrons. The Bertz CT molecular complexity index is 1050. The number of rotatable bonds is 4. The number of methoxy groups -OCH3 is 1. The molecule has 0 saturated heterocycles. The molecule has 28 heavy (non-hydrogen) atoms. The topological polar surface area (TPSA) is 111 Å². The Balaban J connectivity index is 1.77. The van der Waals surface area contributed by atoms with E-state index in [4.69, 9.17) is 4.74 Å². The highest BCUT2D eigenvalue weighted by Crippen LogP contribution is 2.25. The van der Waals surface area contributed by atoms with Crippen LogP contribution < -0.4 is 10.1 Å². The molecule has 0 aliphatic carbocycles. The first-order valence-corrected chi connectivity index (χ1v) is 8.28. The fourth-order valence-corrected chi connectivity index (χ4v) is 2.46. The number of aryl methyl sites for hydroxylation is 1. The molecular weight excluding hydrogens is 362 g/mol. The highest BCUT2D eigenvalue weighted by Gasteiger charge is 2.21. The zero-order valence-electron chi connectivity index (χ0n) is 15.2. The van der Waals surface area contributed by atoms with E-state index in [1.807, 2.05) is 6.92 Å². The number of nitrogens with zero attached hydrogens (tertiary/aromatic N) is 2. The van der Waals surface area contributed by atoms with Crippen molar-refractivity contribution in [2.45, 2.75) is 6.92 Å². The minimum absolute atomic E-state index is 0.00421. The monoisotopic (exact) mass is 379 g/mol. The van der Waals surface area contributed by atoms with Gasteiger partial charge in [0.05, 0.1) is 24.4 Å². The highest BCUT2D eigenvalue weighted by atomic mass is 16.5. The molecule has 8 heteroatoms. The molecule has 1 amide bonds. The first kappa shape index (κ1) is 18.8. The van der Waals surface area contributed by atoms with Crippen molar-refractivity contribution >= 4 is 23.3 Å². The number of ether oxygens (including phenoxy) is 1. The summed E-state index contributed by atoms with van der Waals surface area (Å²) in [5.41, 5.74) is 1.52. The van der Waals surface area contributed by atoms with Gasteiger partial charge >= 0.3 is 11.8 Å². The second-order valence-electron chi connectivity index (χ2n) is 6.01. The predicted molar refractivity (Wildman–Crippen MR) is 101 cm³/mol. The van der Waals surface area contributed by atoms with Gasteiger partial charge in [-0.1, -0.05) is 17.7 Å². The van der Waals surface area contributed by atoms with Crippen LogP contribution in [-0.4, -0.2) is 39.6 Å². The van der Waals surface area contributed by atoms with Gasteiger partial charge in [0, 0.05) is 11.9 Å². The van der Waals surface area contributed by atoms with Crippen molar-refractivity contribution in [3.05, 3.63) is 71.5 Å². The average Bonchev–Trinajstić information content (AvgIpc) is 3.19. The first-order valence-electron chi connectivity index (χ1n) is 8.28. The third-order valence-electron chi connectivity index (χ3n) is 4.00. The molecule has 2 N–H and O–H groups in total. The van der Waals surface area contributed by atoms with Gasteiger partial charge in [-0.3, -0.25) is 14.4 Å². The molecule has 1 heterocycles. The largest absolute Gasteiger partial charge is 0.507 e. The van der Waals surface area contributed by atoms with Gasteiger partial charge < -0.3 is 15.2 Å². The second-order valence-corrected chi connectivity index (χ2v) is 6.01. The Kier molecular flexibility index (Phi) is 5.21. The Hall–Kier alpha value is -3.94. The maximum atomic E-state index is 12.6. The zero-order chi connectivity index (χ0) is 20.3. The van der Waals surface area contributed by atoms with Gasteiger partial charge in [-0.2, -0.15) is 9.78 Å². The Morgan fingerprint density at radius 1 is 1.11 bits per heavy atom. The van der Waals surface area contributed by atoms with E-state index in [0.717, 1.165) is 22.6 Å². The van der Waals surface area contributed by atoms with E-state index >= 15 is 0 Å². The smallest absolute Gasteiger partial charge is 0.336 e. The zero-order valence-corrected chi connectivity index (χ0v) is 15.2. The normalized spacial score (nSPS) is 10.4. The van der Waals surface area contributed by atoms with E-state index in [-0.39, 0.29) is 16.9 Å². The van der Waals surface area contributed by atoms with Crippen LogP contribution in [0.1, 0.15) is 26.3 Å². The second kappa shape index (κ2) is 7.75. The van der Waals surface area contributed by atoms with Gasteiger partial charge in [0.15, 0.2) is 5.78 Å². The lowest BCUT2D eigenvalue weighted by atomic mass is 10.1. The van der Waals surface area contributed by atoms with Gasteiger partial charge in [0.25, 0.3) is 0 Å². The molecule has 3 rings (SSSR count). The third-order valence-corrected chi connectivity index (χ3v) is 4.00. The maximum Gasteiger partial charge on any atom is 0.336 e. The van der Waals surface area contributed by atoms with Crippen LogP contribution in [0.15, 0.2) is 54.9 Å². The fraction of sp³-hybridized carbons (Fsp3) is 0.100. The number of nitrogens with one attached hydrogen (secondary N) is 1. The van der Waals surface area contributed by atoms with Crippen molar-refractivity contribution in [1.29, 1.82) is 0 Å². The summed E-state index contributed by atoms with van der Waals surface area (Å²) >= 11 is 0. The van der Waals surface area contributed by atoms with Crippen molar-refractivity contribution in [2.24, 2.45) is 0 Å². The molecule has 2 aromatic carbocycles. The summed E-state index contributed by atoms with van der Waals surface area (Å²) in [5, 5.41) is 16.2. The number of hydrogen-bond acceptors (Lipinski definition) is 6. The maximum absolute atomic E-state index is 12.6. The lowest BCUT2D eigenvalue weighted by molar-refractivity contribution is -0.113. The van der Waals surface area contributed by atoms with Crippen LogP contribution in [0.4, 0.5) is 5.69 Å². The van der Waals surface area contributed by atoms with E-state index in [1.165, 1.54) is 25.3 Å². The molecule has 3 aromatic rings. The van der Waals surface area contributed by atoms with Gasteiger partial charge in [0.1, 0.15) is 11.5 Å². The fourth-order valence-electron chi connectivity index (χ4n) is 2.46. The van der Waals surface area contributed by atoms with E-state index in [1.54, 1.807) is 24.3 Å². The minimum atomic E-state index is -0.950. The molecule has 1 aromatic heterocycles. The lowest BCUT2D eigenvalue weighted by Gasteiger charge is -2.05. The number of aromatic nitrogens is 2. The summed E-state index contributed by atoms with van der Waals surface area (Å²) in [6.07, 6.45) is 2.29. The lowest BCUT2D eigenvalue weighted by Crippen LogP contribution is -2.28. The first-order chi connectivity index (χ1) is 13.4. The number of phenolic OH excluding ortho intramolecular Hbond substituents is 1. The predicted octanol–water partition coefficient (Wildman–Crippen LogP) is 2.42. The number of ketones is 1. The molecule has 0 bridgehead atoms. The molecule has 0 spiro atoms. The van der Waals surface area contributed by atoms with E-state index < -0.39 is 17.6 Å². The summed E-state index contributed by atoms with van der Waals surface area (Å²) in [7, 11) is 1.43. The third kappa shape index (κ3) is 3.90. The van der Waals surface area contributed by atoms with Crippen LogP contribution in [-0.2, 0) is 4.79 Å². The van der Waals surface area contributed by atoms with Gasteiger partial charge in [0.2, 0.25) is 0 Å². The van der Waals surface area contributed by atoms with Crippen LogP contribution in [0.5, 0.6) is 11.5 Å². The quantitative estimate of drug-likeness (QED) is 0.532. The summed E-state index contributed by atoms with van der Waals surface area (Å²) in [6.45, 7) is 1.90. The van der Waals surface area contributed by atoms with Crippen LogP contribution in [0, 0.1) is 6.92 Å². The van der Waals surface area contributed by atoms with Crippen LogP contribution in [0.3, 0.4) is 0 Å². The molecule has 0 saturated carbocycles. The van der Waals surface area contributed by atoms with Crippen LogP contribution >= 0.6 is 0 Å². The highest BCUT2D eigenvalue weighted by molar-refractivity contribution is 6.40. The number of carbonyl (C=O) groups is 3. The summed E-state index contributed by atoms with van der Waals surface area (Å²) in [6, 6.07) is 11.1. The number of phenols is 1. The van der Waals surface area contributed by atoms with E-state index in [2.05, 4.69) is 10.4 Å². The molecule has 0 fully saturated rings. The van der Waals surface area contributed by atoms with Crippen molar-refractivity contribution in [3.8, 4) is 11.5 Å². The number of amides is 1. The van der Waals surface area contributed by atoms with Crippen molar-refractivity contribution in [1.82, 2.24) is 9.78 Å². The van der Waals surface area contributed by atoms with Crippen molar-refractivity contribution in [3.63, 3.8) is 0 Å². The van der Waals surface area contributed by atoms with Gasteiger partial charge in [-0.15, -0.1) is 0 Å². The molecule has 8 nitrogen and oxygen atoms in total. The van der Waals surface area contributed by atoms with Crippen LogP contribution in [0.25, 0.3) is 0 Å². The summed E-state index contributed by atoms with van der Waals surface area (Å²) < 4.78 is 5.82. The van der Waals surface area contributed by atoms with E-state index in [9.17, 15) is 19.5 Å². The van der Waals surface area contributed by atoms with Gasteiger partial charge in [-0.25, -0.2) is 0 Å². The van der Waals surface area contributed by atoms with Crippen LogP contribution in [0.2, 0.25) is 0 Å².